The Kier molecular flexibility index (Phi) is 7.12. The van der Waals surface area contributed by atoms with Crippen LogP contribution in [-0.2, 0) is 9.47 Å². The van der Waals surface area contributed by atoms with Gasteiger partial charge in [-0.15, -0.1) is 0 Å². The number of ether oxygens (including phenoxy) is 3. The van der Waals surface area contributed by atoms with E-state index < -0.39 is 0 Å². The van der Waals surface area contributed by atoms with Gasteiger partial charge in [0, 0.05) is 31.7 Å². The average molecular weight is 411 g/mol. The van der Waals surface area contributed by atoms with E-state index in [1.165, 1.54) is 0 Å². The number of carbonyl (C=O) groups is 1. The lowest BCUT2D eigenvalue weighted by molar-refractivity contribution is -0.0301. The quantitative estimate of drug-likeness (QED) is 0.654. The molecule has 0 unspecified atom stereocenters. The first-order valence-corrected chi connectivity index (χ1v) is 10.6. The van der Waals surface area contributed by atoms with E-state index in [2.05, 4.69) is 34.1 Å². The molecule has 0 aromatic heterocycles. The molecule has 2 fully saturated rings. The van der Waals surface area contributed by atoms with Crippen molar-refractivity contribution in [3.8, 4) is 5.75 Å². The number of ketones is 1. The number of methoxy groups -OCH3 is 1. The van der Waals surface area contributed by atoms with E-state index in [0.717, 1.165) is 37.5 Å². The Bertz CT molecular complexity index is 800. The van der Waals surface area contributed by atoms with Gasteiger partial charge in [0.2, 0.25) is 0 Å². The van der Waals surface area contributed by atoms with Gasteiger partial charge >= 0.3 is 0 Å². The van der Waals surface area contributed by atoms with E-state index in [1.807, 2.05) is 30.3 Å². The molecule has 2 heterocycles. The van der Waals surface area contributed by atoms with Gasteiger partial charge in [-0.3, -0.25) is 14.6 Å². The highest BCUT2D eigenvalue weighted by Crippen LogP contribution is 2.31. The van der Waals surface area contributed by atoms with Crippen LogP contribution < -0.4 is 4.74 Å². The summed E-state index contributed by atoms with van der Waals surface area (Å²) in [4.78, 5) is 18.6. The maximum Gasteiger partial charge on any atom is 0.181 e. The first kappa shape index (κ1) is 21.0. The topological polar surface area (TPSA) is 51.2 Å². The van der Waals surface area contributed by atoms with Crippen molar-refractivity contribution in [3.63, 3.8) is 0 Å². The lowest BCUT2D eigenvalue weighted by atomic mass is 9.89. The first-order valence-electron chi connectivity index (χ1n) is 10.6. The number of Topliss-reactive ketones (excluding diaryl/α,β-unsaturated/α-hetero) is 1. The fourth-order valence-corrected chi connectivity index (χ4v) is 4.39. The van der Waals surface area contributed by atoms with Crippen molar-refractivity contribution in [1.82, 2.24) is 9.80 Å². The van der Waals surface area contributed by atoms with Crippen LogP contribution in [0.2, 0.25) is 0 Å². The Balaban J connectivity index is 1.73. The predicted octanol–water partition coefficient (Wildman–Crippen LogP) is 2.65. The summed E-state index contributed by atoms with van der Waals surface area (Å²) in [6.07, 6.45) is 0. The Morgan fingerprint density at radius 2 is 1.40 bits per heavy atom. The third-order valence-electron chi connectivity index (χ3n) is 5.96. The monoisotopic (exact) mass is 410 g/mol. The van der Waals surface area contributed by atoms with Crippen LogP contribution in [0.3, 0.4) is 0 Å². The molecule has 2 atom stereocenters. The third-order valence-corrected chi connectivity index (χ3v) is 5.96. The van der Waals surface area contributed by atoms with Crippen molar-refractivity contribution in [3.05, 3.63) is 65.7 Å². The van der Waals surface area contributed by atoms with Crippen LogP contribution in [0.15, 0.2) is 54.6 Å². The molecule has 0 saturated carbocycles. The van der Waals surface area contributed by atoms with Crippen molar-refractivity contribution in [2.75, 3.05) is 59.7 Å². The molecule has 0 amide bonds. The van der Waals surface area contributed by atoms with Gasteiger partial charge in [0.25, 0.3) is 0 Å². The highest BCUT2D eigenvalue weighted by Gasteiger charge is 2.39. The lowest BCUT2D eigenvalue weighted by Crippen LogP contribution is -2.55. The SMILES string of the molecule is COc1ccc(C(=O)[C@@H]([C@H](c2ccccc2)N2CCOCC2)N2CCOCC2)cc1. The molecule has 0 aliphatic carbocycles. The minimum absolute atomic E-state index is 0.0391. The first-order chi connectivity index (χ1) is 14.8. The molecule has 30 heavy (non-hydrogen) atoms. The van der Waals surface area contributed by atoms with Gasteiger partial charge in [-0.25, -0.2) is 0 Å². The predicted molar refractivity (Wildman–Crippen MR) is 115 cm³/mol. The van der Waals surface area contributed by atoms with Crippen LogP contribution in [-0.4, -0.2) is 81.3 Å². The second-order valence-corrected chi connectivity index (χ2v) is 7.69. The molecular formula is C24H30N2O4. The summed E-state index contributed by atoms with van der Waals surface area (Å²) in [5, 5.41) is 0. The van der Waals surface area contributed by atoms with Crippen molar-refractivity contribution < 1.29 is 19.0 Å². The van der Waals surface area contributed by atoms with Gasteiger partial charge in [-0.05, 0) is 29.8 Å². The molecule has 2 saturated heterocycles. The second-order valence-electron chi connectivity index (χ2n) is 7.69. The summed E-state index contributed by atoms with van der Waals surface area (Å²) in [6.45, 7) is 5.81. The summed E-state index contributed by atoms with van der Waals surface area (Å²) < 4.78 is 16.5. The lowest BCUT2D eigenvalue weighted by Gasteiger charge is -2.44. The fourth-order valence-electron chi connectivity index (χ4n) is 4.39. The molecule has 160 valence electrons. The molecular weight excluding hydrogens is 380 g/mol. The van der Waals surface area contributed by atoms with Crippen molar-refractivity contribution in [2.24, 2.45) is 0 Å². The van der Waals surface area contributed by atoms with E-state index >= 15 is 0 Å². The van der Waals surface area contributed by atoms with Gasteiger partial charge in [0.15, 0.2) is 5.78 Å². The Hall–Kier alpha value is -2.25. The highest BCUT2D eigenvalue weighted by molar-refractivity contribution is 6.00. The number of benzene rings is 2. The Labute approximate surface area is 178 Å². The molecule has 0 radical (unpaired) electrons. The number of hydrogen-bond donors (Lipinski definition) is 0. The number of rotatable bonds is 7. The number of nitrogens with zero attached hydrogens (tertiary/aromatic N) is 2. The highest BCUT2D eigenvalue weighted by atomic mass is 16.5. The minimum atomic E-state index is -0.289. The molecule has 0 N–H and O–H groups in total. The molecule has 2 aromatic rings. The van der Waals surface area contributed by atoms with Gasteiger partial charge in [-0.2, -0.15) is 0 Å². The van der Waals surface area contributed by atoms with E-state index in [-0.39, 0.29) is 17.9 Å². The molecule has 6 heteroatoms. The van der Waals surface area contributed by atoms with Crippen LogP contribution in [0.5, 0.6) is 5.75 Å². The Morgan fingerprint density at radius 3 is 1.97 bits per heavy atom. The number of morpholine rings is 2. The van der Waals surface area contributed by atoms with Gasteiger partial charge in [-0.1, -0.05) is 30.3 Å². The van der Waals surface area contributed by atoms with Crippen LogP contribution in [0.25, 0.3) is 0 Å². The van der Waals surface area contributed by atoms with Crippen molar-refractivity contribution in [1.29, 1.82) is 0 Å². The zero-order chi connectivity index (χ0) is 20.8. The van der Waals surface area contributed by atoms with Crippen LogP contribution >= 0.6 is 0 Å². The molecule has 2 aliphatic heterocycles. The van der Waals surface area contributed by atoms with Crippen LogP contribution in [0.4, 0.5) is 0 Å². The number of hydrogen-bond acceptors (Lipinski definition) is 6. The number of carbonyl (C=O) groups excluding carboxylic acids is 1. The smallest absolute Gasteiger partial charge is 0.181 e. The average Bonchev–Trinajstić information content (AvgIpc) is 2.84. The van der Waals surface area contributed by atoms with Crippen molar-refractivity contribution in [2.45, 2.75) is 12.1 Å². The minimum Gasteiger partial charge on any atom is -0.497 e. The molecule has 4 rings (SSSR count). The summed E-state index contributed by atoms with van der Waals surface area (Å²) in [5.41, 5.74) is 1.87. The fraction of sp³-hybridized carbons (Fsp3) is 0.458. The van der Waals surface area contributed by atoms with E-state index in [1.54, 1.807) is 7.11 Å². The third kappa shape index (κ3) is 4.73. The standard InChI is InChI=1S/C24H30N2O4/c1-28-21-9-7-20(8-10-21)24(27)23(26-13-17-30-18-14-26)22(19-5-3-2-4-6-19)25-11-15-29-16-12-25/h2-10,22-23H,11-18H2,1H3/t22-,23+/m0/s1. The molecule has 0 bridgehead atoms. The zero-order valence-corrected chi connectivity index (χ0v) is 17.5. The van der Waals surface area contributed by atoms with Crippen molar-refractivity contribution >= 4 is 5.78 Å². The summed E-state index contributed by atoms with van der Waals surface area (Å²) in [5.74, 6) is 0.891. The summed E-state index contributed by atoms with van der Waals surface area (Å²) in [7, 11) is 1.64. The van der Waals surface area contributed by atoms with Gasteiger partial charge < -0.3 is 14.2 Å². The van der Waals surface area contributed by atoms with E-state index in [0.29, 0.717) is 32.0 Å². The summed E-state index contributed by atoms with van der Waals surface area (Å²) >= 11 is 0. The Morgan fingerprint density at radius 1 is 0.833 bits per heavy atom. The maximum absolute atomic E-state index is 13.9. The van der Waals surface area contributed by atoms with E-state index in [4.69, 9.17) is 14.2 Å². The van der Waals surface area contributed by atoms with Gasteiger partial charge in [0.05, 0.1) is 45.6 Å². The van der Waals surface area contributed by atoms with Crippen LogP contribution in [0, 0.1) is 0 Å². The molecule has 2 aromatic carbocycles. The van der Waals surface area contributed by atoms with Crippen LogP contribution in [0.1, 0.15) is 22.0 Å². The molecule has 0 spiro atoms. The molecule has 2 aliphatic rings. The summed E-state index contributed by atoms with van der Waals surface area (Å²) in [6, 6.07) is 17.5. The van der Waals surface area contributed by atoms with Gasteiger partial charge in [0.1, 0.15) is 5.75 Å². The largest absolute Gasteiger partial charge is 0.497 e. The normalized spacial score (nSPS) is 20.4. The van der Waals surface area contributed by atoms with E-state index in [9.17, 15) is 4.79 Å². The maximum atomic E-state index is 13.9. The second kappa shape index (κ2) is 10.2. The zero-order valence-electron chi connectivity index (χ0n) is 17.5. The molecule has 6 nitrogen and oxygen atoms in total.